The van der Waals surface area contributed by atoms with E-state index in [1.807, 2.05) is 30.3 Å². The molecule has 0 aromatic heterocycles. The molecule has 1 rings (SSSR count). The first kappa shape index (κ1) is 16.3. The minimum atomic E-state index is -0.549. The number of carbonyl (C=O) groups is 1. The zero-order chi connectivity index (χ0) is 14.6. The Morgan fingerprint density at radius 2 is 2.05 bits per heavy atom. The maximum absolute atomic E-state index is 11.8. The van der Waals surface area contributed by atoms with Gasteiger partial charge in [0.05, 0.1) is 6.61 Å². The highest BCUT2D eigenvalue weighted by Gasteiger charge is 2.16. The van der Waals surface area contributed by atoms with E-state index in [0.717, 1.165) is 24.8 Å². The maximum Gasteiger partial charge on any atom is 0.335 e. The van der Waals surface area contributed by atoms with Gasteiger partial charge in [-0.2, -0.15) is 0 Å². The molecule has 0 bridgehead atoms. The van der Waals surface area contributed by atoms with Crippen molar-refractivity contribution in [2.75, 3.05) is 6.61 Å². The average molecular weight is 273 g/mol. The van der Waals surface area contributed by atoms with Gasteiger partial charge in [-0.15, -0.1) is 5.92 Å². The summed E-state index contributed by atoms with van der Waals surface area (Å²) in [5.74, 6) is 5.72. The second-order valence-corrected chi connectivity index (χ2v) is 4.48. The first-order chi connectivity index (χ1) is 9.77. The summed E-state index contributed by atoms with van der Waals surface area (Å²) in [6.45, 7) is 4.90. The molecule has 0 aliphatic rings. The van der Waals surface area contributed by atoms with E-state index in [4.69, 9.17) is 4.74 Å². The van der Waals surface area contributed by atoms with E-state index in [2.05, 4.69) is 24.1 Å². The summed E-state index contributed by atoms with van der Waals surface area (Å²) in [4.78, 5) is 11.8. The van der Waals surface area contributed by atoms with E-state index in [0.29, 0.717) is 13.2 Å². The normalized spacial score (nSPS) is 11.3. The smallest absolute Gasteiger partial charge is 0.335 e. The fourth-order valence-electron chi connectivity index (χ4n) is 1.67. The van der Waals surface area contributed by atoms with Crippen LogP contribution in [0, 0.1) is 11.8 Å². The topological polar surface area (TPSA) is 38.3 Å². The summed E-state index contributed by atoms with van der Waals surface area (Å²) in [5.41, 5.74) is 1.12. The van der Waals surface area contributed by atoms with Crippen molar-refractivity contribution in [2.45, 2.75) is 45.7 Å². The molecule has 3 nitrogen and oxygen atoms in total. The van der Waals surface area contributed by atoms with Crippen LogP contribution in [0.3, 0.4) is 0 Å². The number of rotatable bonds is 7. The molecule has 1 aromatic rings. The summed E-state index contributed by atoms with van der Waals surface area (Å²) in [5, 5.41) is 3.15. The highest BCUT2D eigenvalue weighted by atomic mass is 16.5. The van der Waals surface area contributed by atoms with Crippen LogP contribution >= 0.6 is 0 Å². The third-order valence-electron chi connectivity index (χ3n) is 2.78. The molecule has 0 spiro atoms. The molecule has 1 atom stereocenters. The lowest BCUT2D eigenvalue weighted by molar-refractivity contribution is -0.144. The van der Waals surface area contributed by atoms with Crippen LogP contribution in [0.15, 0.2) is 30.3 Å². The van der Waals surface area contributed by atoms with Crippen molar-refractivity contribution >= 4 is 5.97 Å². The van der Waals surface area contributed by atoms with Crippen LogP contribution in [0.4, 0.5) is 0 Å². The Morgan fingerprint density at radius 3 is 2.70 bits per heavy atom. The van der Waals surface area contributed by atoms with E-state index in [1.54, 1.807) is 6.92 Å². The molecule has 3 heteroatoms. The van der Waals surface area contributed by atoms with E-state index >= 15 is 0 Å². The lowest BCUT2D eigenvalue weighted by Gasteiger charge is -2.12. The number of nitrogens with one attached hydrogen (secondary N) is 1. The van der Waals surface area contributed by atoms with Gasteiger partial charge in [-0.25, -0.2) is 4.79 Å². The third-order valence-corrected chi connectivity index (χ3v) is 2.78. The van der Waals surface area contributed by atoms with E-state index in [1.165, 1.54) is 0 Å². The molecule has 0 radical (unpaired) electrons. The summed E-state index contributed by atoms with van der Waals surface area (Å²) < 4.78 is 5.05. The Morgan fingerprint density at radius 1 is 1.30 bits per heavy atom. The molecule has 20 heavy (non-hydrogen) atoms. The highest BCUT2D eigenvalue weighted by Crippen LogP contribution is 1.99. The monoisotopic (exact) mass is 273 g/mol. The average Bonchev–Trinajstić information content (AvgIpc) is 2.47. The molecule has 0 aliphatic heterocycles. The minimum Gasteiger partial charge on any atom is -0.464 e. The molecule has 0 heterocycles. The molecule has 0 amide bonds. The number of esters is 1. The number of carbonyl (C=O) groups excluding carboxylic acids is 1. The van der Waals surface area contributed by atoms with Gasteiger partial charge in [0, 0.05) is 13.0 Å². The lowest BCUT2D eigenvalue weighted by atomic mass is 10.2. The predicted molar refractivity (Wildman–Crippen MR) is 81.0 cm³/mol. The first-order valence-electron chi connectivity index (χ1n) is 7.20. The Labute approximate surface area is 121 Å². The zero-order valence-corrected chi connectivity index (χ0v) is 12.3. The van der Waals surface area contributed by atoms with E-state index in [9.17, 15) is 4.79 Å². The van der Waals surface area contributed by atoms with Gasteiger partial charge < -0.3 is 4.74 Å². The fraction of sp³-hybridized carbons (Fsp3) is 0.471. The number of ether oxygens (including phenoxy) is 1. The van der Waals surface area contributed by atoms with Gasteiger partial charge in [0.15, 0.2) is 6.04 Å². The largest absolute Gasteiger partial charge is 0.464 e. The zero-order valence-electron chi connectivity index (χ0n) is 12.3. The molecule has 1 unspecified atom stereocenters. The summed E-state index contributed by atoms with van der Waals surface area (Å²) in [6, 6.07) is 9.40. The SMILES string of the molecule is CCCCC#CC(NCc1ccccc1)C(=O)OCC. The first-order valence-corrected chi connectivity index (χ1v) is 7.20. The van der Waals surface area contributed by atoms with Gasteiger partial charge in [-0.05, 0) is 18.9 Å². The Kier molecular flexibility index (Phi) is 8.17. The molecule has 1 N–H and O–H groups in total. The fourth-order valence-corrected chi connectivity index (χ4v) is 1.67. The van der Waals surface area contributed by atoms with Gasteiger partial charge in [-0.3, -0.25) is 5.32 Å². The minimum absolute atomic E-state index is 0.299. The molecule has 108 valence electrons. The second-order valence-electron chi connectivity index (χ2n) is 4.48. The summed E-state index contributed by atoms with van der Waals surface area (Å²) >= 11 is 0. The summed E-state index contributed by atoms with van der Waals surface area (Å²) in [6.07, 6.45) is 2.98. The third kappa shape index (κ3) is 6.40. The molecular weight excluding hydrogens is 250 g/mol. The van der Waals surface area contributed by atoms with Gasteiger partial charge in [0.1, 0.15) is 0 Å². The lowest BCUT2D eigenvalue weighted by Crippen LogP contribution is -2.36. The highest BCUT2D eigenvalue weighted by molar-refractivity contribution is 5.79. The molecule has 0 aliphatic carbocycles. The van der Waals surface area contributed by atoms with Crippen molar-refractivity contribution in [3.8, 4) is 11.8 Å². The van der Waals surface area contributed by atoms with Crippen LogP contribution in [0.25, 0.3) is 0 Å². The number of hydrogen-bond acceptors (Lipinski definition) is 3. The Bertz CT molecular complexity index is 445. The molecule has 0 fully saturated rings. The van der Waals surface area contributed by atoms with Gasteiger partial charge >= 0.3 is 5.97 Å². The van der Waals surface area contributed by atoms with Gasteiger partial charge in [0.25, 0.3) is 0 Å². The molecule has 0 saturated heterocycles. The van der Waals surface area contributed by atoms with Crippen molar-refractivity contribution in [2.24, 2.45) is 0 Å². The second kappa shape index (κ2) is 10.1. The van der Waals surface area contributed by atoms with Gasteiger partial charge in [0.2, 0.25) is 0 Å². The number of hydrogen-bond donors (Lipinski definition) is 1. The van der Waals surface area contributed by atoms with E-state index in [-0.39, 0.29) is 5.97 Å². The Balaban J connectivity index is 2.57. The maximum atomic E-state index is 11.8. The van der Waals surface area contributed by atoms with Crippen LogP contribution < -0.4 is 5.32 Å². The van der Waals surface area contributed by atoms with Crippen LogP contribution in [0.2, 0.25) is 0 Å². The summed E-state index contributed by atoms with van der Waals surface area (Å²) in [7, 11) is 0. The van der Waals surface area contributed by atoms with Crippen molar-refractivity contribution < 1.29 is 9.53 Å². The molecule has 0 saturated carbocycles. The standard InChI is InChI=1S/C17H23NO2/c1-3-5-6-10-13-16(17(19)20-4-2)18-14-15-11-8-7-9-12-15/h7-9,11-12,16,18H,3-6,14H2,1-2H3. The van der Waals surface area contributed by atoms with Gasteiger partial charge in [-0.1, -0.05) is 49.6 Å². The molecular formula is C17H23NO2. The van der Waals surface area contributed by atoms with Crippen LogP contribution in [-0.2, 0) is 16.1 Å². The quantitative estimate of drug-likeness (QED) is 0.471. The van der Waals surface area contributed by atoms with Crippen molar-refractivity contribution in [1.29, 1.82) is 0 Å². The van der Waals surface area contributed by atoms with Crippen LogP contribution in [0.5, 0.6) is 0 Å². The van der Waals surface area contributed by atoms with Crippen LogP contribution in [-0.4, -0.2) is 18.6 Å². The van der Waals surface area contributed by atoms with Crippen molar-refractivity contribution in [1.82, 2.24) is 5.32 Å². The number of benzene rings is 1. The van der Waals surface area contributed by atoms with Crippen molar-refractivity contribution in [3.63, 3.8) is 0 Å². The van der Waals surface area contributed by atoms with Crippen LogP contribution in [0.1, 0.15) is 38.7 Å². The number of unbranched alkanes of at least 4 members (excludes halogenated alkanes) is 2. The molecule has 1 aromatic carbocycles. The van der Waals surface area contributed by atoms with E-state index < -0.39 is 6.04 Å². The Hall–Kier alpha value is -1.79. The van der Waals surface area contributed by atoms with Crippen molar-refractivity contribution in [3.05, 3.63) is 35.9 Å². The predicted octanol–water partition coefficient (Wildman–Crippen LogP) is 2.90.